The minimum absolute atomic E-state index is 0. The van der Waals surface area contributed by atoms with E-state index in [2.05, 4.69) is 11.0 Å². The molecule has 3 heterocycles. The first-order chi connectivity index (χ1) is 6.30. The highest BCUT2D eigenvalue weighted by molar-refractivity contribution is 5.73. The van der Waals surface area contributed by atoms with Crippen LogP contribution in [0.25, 0.3) is 0 Å². The topological polar surface area (TPSA) is 57.8 Å². The summed E-state index contributed by atoms with van der Waals surface area (Å²) in [6.45, 7) is 3.27. The lowest BCUT2D eigenvalue weighted by atomic mass is 10.1. The summed E-state index contributed by atoms with van der Waals surface area (Å²) in [6.07, 6.45) is 0. The van der Waals surface area contributed by atoms with Crippen molar-refractivity contribution in [3.8, 4) is 0 Å². The Labute approximate surface area is 82.8 Å². The van der Waals surface area contributed by atoms with Crippen LogP contribution in [0.1, 0.15) is 0 Å². The van der Waals surface area contributed by atoms with Gasteiger partial charge in [0.1, 0.15) is 13.1 Å². The van der Waals surface area contributed by atoms with E-state index in [1.54, 1.807) is 0 Å². The fraction of sp³-hybridized carbons (Fsp3) is 0.400. The second kappa shape index (κ2) is 2.95. The first-order valence-corrected chi connectivity index (χ1v) is 4.72. The van der Waals surface area contributed by atoms with Gasteiger partial charge in [0.15, 0.2) is 5.69 Å². The van der Waals surface area contributed by atoms with Crippen molar-refractivity contribution in [3.63, 3.8) is 0 Å². The van der Waals surface area contributed by atoms with E-state index in [0.717, 1.165) is 37.6 Å². The van der Waals surface area contributed by atoms with Crippen LogP contribution in [-0.4, -0.2) is 31.7 Å². The number of rotatable bonds is 0. The fourth-order valence-corrected chi connectivity index (χ4v) is 2.35. The van der Waals surface area contributed by atoms with Crippen molar-refractivity contribution >= 4 is 11.4 Å². The minimum Gasteiger partial charge on any atom is -0.627 e. The average molecular weight is 194 g/mol. The third-order valence-electron chi connectivity index (χ3n) is 3.12. The van der Waals surface area contributed by atoms with Crippen molar-refractivity contribution in [3.05, 3.63) is 29.5 Å². The van der Waals surface area contributed by atoms with E-state index in [1.807, 2.05) is 18.2 Å². The monoisotopic (exact) mass is 194 g/mol. The number of para-hydroxylation sites is 2. The van der Waals surface area contributed by atoms with E-state index in [0.29, 0.717) is 0 Å². The van der Waals surface area contributed by atoms with Crippen LogP contribution in [0, 0.1) is 5.21 Å². The van der Waals surface area contributed by atoms with Crippen molar-refractivity contribution in [2.24, 2.45) is 0 Å². The Balaban J connectivity index is 0.000000750. The molecule has 2 bridgehead atoms. The van der Waals surface area contributed by atoms with Crippen LogP contribution in [0.5, 0.6) is 0 Å². The van der Waals surface area contributed by atoms with E-state index < -0.39 is 0 Å². The third kappa shape index (κ3) is 1.05. The summed E-state index contributed by atoms with van der Waals surface area (Å²) in [7, 11) is 0. The lowest BCUT2D eigenvalue weighted by Crippen LogP contribution is -2.61. The van der Waals surface area contributed by atoms with Crippen molar-refractivity contribution in [1.29, 1.82) is 0 Å². The molecule has 0 amide bonds. The van der Waals surface area contributed by atoms with Gasteiger partial charge in [-0.3, -0.25) is 0 Å². The number of anilines is 1. The molecule has 2 N–H and O–H groups in total. The number of benzene rings is 1. The fourth-order valence-electron chi connectivity index (χ4n) is 2.35. The summed E-state index contributed by atoms with van der Waals surface area (Å²) in [5, 5.41) is 12.3. The van der Waals surface area contributed by atoms with E-state index in [-0.39, 0.29) is 10.1 Å². The number of hydrogen-bond acceptors (Lipinski definition) is 2. The van der Waals surface area contributed by atoms with Gasteiger partial charge in [-0.25, -0.2) is 0 Å². The van der Waals surface area contributed by atoms with E-state index in [1.165, 1.54) is 0 Å². The van der Waals surface area contributed by atoms with Crippen molar-refractivity contribution in [2.45, 2.75) is 0 Å². The summed E-state index contributed by atoms with van der Waals surface area (Å²) in [5.41, 5.74) is 2.11. The molecule has 76 valence electrons. The summed E-state index contributed by atoms with van der Waals surface area (Å²) in [5.74, 6) is 0. The Morgan fingerprint density at radius 1 is 1.14 bits per heavy atom. The zero-order valence-electron chi connectivity index (χ0n) is 7.94. The van der Waals surface area contributed by atoms with E-state index >= 15 is 0 Å². The summed E-state index contributed by atoms with van der Waals surface area (Å²) in [6, 6.07) is 7.98. The Morgan fingerprint density at radius 3 is 2.43 bits per heavy atom. The van der Waals surface area contributed by atoms with Crippen molar-refractivity contribution in [1.82, 2.24) is 4.65 Å². The molecule has 0 aromatic heterocycles. The molecule has 0 unspecified atom stereocenters. The van der Waals surface area contributed by atoms with Crippen LogP contribution in [0.4, 0.5) is 11.4 Å². The number of fused-ring (bicyclic) bond motifs is 2. The minimum atomic E-state index is -0.104. The lowest BCUT2D eigenvalue weighted by molar-refractivity contribution is 0.324. The number of quaternary nitrogens is 1. The molecule has 1 fully saturated rings. The van der Waals surface area contributed by atoms with Crippen molar-refractivity contribution in [2.75, 3.05) is 31.1 Å². The largest absolute Gasteiger partial charge is 0.627 e. The Morgan fingerprint density at radius 2 is 1.79 bits per heavy atom. The molecule has 3 aliphatic rings. The molecule has 0 spiro atoms. The predicted octanol–water partition coefficient (Wildman–Crippen LogP) is 0.501. The summed E-state index contributed by atoms with van der Waals surface area (Å²) in [4.78, 5) is 2.31. The van der Waals surface area contributed by atoms with E-state index in [4.69, 9.17) is 0 Å². The highest BCUT2D eigenvalue weighted by atomic mass is 16.5. The van der Waals surface area contributed by atoms with Gasteiger partial charge in [-0.05, 0) is 6.07 Å². The lowest BCUT2D eigenvalue weighted by Gasteiger charge is -2.54. The average Bonchev–Trinajstić information content (AvgIpc) is 2.19. The molecular formula is C10H14N2O2. The van der Waals surface area contributed by atoms with Gasteiger partial charge >= 0.3 is 0 Å². The standard InChI is InChI=1S/C10H12N2O.H2O/c13-12-7-5-11(6-8-12)9-3-1-2-4-10(9)12;/h1-4H,5-8H2;1H2. The predicted molar refractivity (Wildman–Crippen MR) is 57.2 cm³/mol. The second-order valence-corrected chi connectivity index (χ2v) is 3.81. The molecule has 14 heavy (non-hydrogen) atoms. The molecule has 4 rings (SSSR count). The number of nitrogens with zero attached hydrogens (tertiary/aromatic N) is 2. The number of hydroxylamine groups is 2. The first-order valence-electron chi connectivity index (χ1n) is 4.72. The third-order valence-corrected chi connectivity index (χ3v) is 3.12. The van der Waals surface area contributed by atoms with Gasteiger partial charge in [0.25, 0.3) is 0 Å². The maximum atomic E-state index is 12.3. The van der Waals surface area contributed by atoms with Crippen LogP contribution < -0.4 is 9.55 Å². The van der Waals surface area contributed by atoms with Crippen LogP contribution in [0.3, 0.4) is 0 Å². The van der Waals surface area contributed by atoms with Gasteiger partial charge in [-0.2, -0.15) is 0 Å². The van der Waals surface area contributed by atoms with Gasteiger partial charge in [-0.1, -0.05) is 12.1 Å². The quantitative estimate of drug-likeness (QED) is 0.446. The zero-order chi connectivity index (χ0) is 8.89. The molecule has 4 nitrogen and oxygen atoms in total. The SMILES string of the molecule is O.[O-][N+]12CCN(CC1)c1ccccc12. The summed E-state index contributed by atoms with van der Waals surface area (Å²) >= 11 is 0. The highest BCUT2D eigenvalue weighted by Crippen LogP contribution is 2.40. The Kier molecular flexibility index (Phi) is 1.99. The second-order valence-electron chi connectivity index (χ2n) is 3.81. The smallest absolute Gasteiger partial charge is 0.156 e. The zero-order valence-corrected chi connectivity index (χ0v) is 7.94. The van der Waals surface area contributed by atoms with Crippen LogP contribution in [0.15, 0.2) is 24.3 Å². The molecule has 0 radical (unpaired) electrons. The maximum Gasteiger partial charge on any atom is 0.156 e. The maximum absolute atomic E-state index is 12.3. The van der Waals surface area contributed by atoms with Gasteiger partial charge in [0, 0.05) is 6.07 Å². The van der Waals surface area contributed by atoms with Gasteiger partial charge in [0.05, 0.1) is 18.8 Å². The van der Waals surface area contributed by atoms with Crippen LogP contribution >= 0.6 is 0 Å². The van der Waals surface area contributed by atoms with Crippen LogP contribution in [0.2, 0.25) is 0 Å². The molecular weight excluding hydrogens is 180 g/mol. The van der Waals surface area contributed by atoms with Gasteiger partial charge in [0.2, 0.25) is 0 Å². The van der Waals surface area contributed by atoms with Crippen molar-refractivity contribution < 1.29 is 5.48 Å². The normalized spacial score (nSPS) is 21.4. The van der Waals surface area contributed by atoms with E-state index in [9.17, 15) is 5.21 Å². The first kappa shape index (κ1) is 9.45. The molecule has 0 saturated carbocycles. The Bertz CT molecular complexity index is 346. The van der Waals surface area contributed by atoms with Crippen LogP contribution in [-0.2, 0) is 0 Å². The Hall–Kier alpha value is -1.10. The molecule has 0 atom stereocenters. The molecule has 0 aliphatic carbocycles. The number of piperazine rings is 1. The molecule has 3 aliphatic heterocycles. The number of hydrogen-bond donors (Lipinski definition) is 0. The molecule has 1 aromatic rings. The summed E-state index contributed by atoms with van der Waals surface area (Å²) < 4.78 is -0.104. The highest BCUT2D eigenvalue weighted by Gasteiger charge is 2.36. The molecule has 1 aromatic carbocycles. The molecule has 4 heteroatoms. The van der Waals surface area contributed by atoms with Gasteiger partial charge in [-0.15, -0.1) is 0 Å². The molecule has 1 saturated heterocycles. The van der Waals surface area contributed by atoms with Gasteiger partial charge < -0.3 is 20.2 Å².